The normalized spacial score (nSPS) is 22.8. The van der Waals surface area contributed by atoms with Crippen molar-refractivity contribution < 1.29 is 4.21 Å². The summed E-state index contributed by atoms with van der Waals surface area (Å²) in [4.78, 5) is 10.8. The number of aromatic nitrogens is 1. The number of benzene rings is 1. The van der Waals surface area contributed by atoms with Crippen LogP contribution < -0.4 is 9.80 Å². The molecule has 26 heavy (non-hydrogen) atoms. The van der Waals surface area contributed by atoms with Crippen LogP contribution in [0.5, 0.6) is 0 Å². The molecule has 0 unspecified atom stereocenters. The highest BCUT2D eigenvalue weighted by Gasteiger charge is 2.44. The maximum atomic E-state index is 11.5. The summed E-state index contributed by atoms with van der Waals surface area (Å²) in [6.45, 7) is 4.13. The largest absolute Gasteiger partial charge is 0.370 e. The van der Waals surface area contributed by atoms with Gasteiger partial charge in [-0.25, -0.2) is 4.98 Å². The Kier molecular flexibility index (Phi) is 4.28. The molecule has 1 spiro atoms. The average molecular weight is 388 g/mol. The first-order chi connectivity index (χ1) is 12.7. The fraction of sp³-hybridized carbons (Fsp3) is 0.550. The van der Waals surface area contributed by atoms with E-state index in [4.69, 9.17) is 4.98 Å². The van der Waals surface area contributed by atoms with Gasteiger partial charge in [0.15, 0.2) is 5.13 Å². The smallest absolute Gasteiger partial charge is 0.185 e. The predicted octanol–water partition coefficient (Wildman–Crippen LogP) is 3.76. The second-order valence-electron chi connectivity index (χ2n) is 7.88. The second-order valence-corrected chi connectivity index (χ2v) is 10.6. The highest BCUT2D eigenvalue weighted by Crippen LogP contribution is 2.54. The molecule has 3 aliphatic rings. The lowest BCUT2D eigenvalue weighted by Crippen LogP contribution is -2.37. The minimum absolute atomic E-state index is 0.623. The molecule has 1 saturated carbocycles. The molecule has 0 amide bonds. The van der Waals surface area contributed by atoms with Crippen molar-refractivity contribution in [3.63, 3.8) is 0 Å². The van der Waals surface area contributed by atoms with Crippen molar-refractivity contribution in [3.8, 4) is 10.4 Å². The molecule has 5 rings (SSSR count). The molecule has 3 fully saturated rings. The predicted molar refractivity (Wildman–Crippen MR) is 111 cm³/mol. The van der Waals surface area contributed by atoms with Crippen LogP contribution in [0, 0.1) is 5.41 Å². The Morgan fingerprint density at radius 1 is 0.923 bits per heavy atom. The van der Waals surface area contributed by atoms with Crippen LogP contribution in [0.25, 0.3) is 10.4 Å². The van der Waals surface area contributed by atoms with Crippen molar-refractivity contribution in [3.05, 3.63) is 30.5 Å². The summed E-state index contributed by atoms with van der Waals surface area (Å²) in [7, 11) is -0.623. The highest BCUT2D eigenvalue weighted by atomic mass is 32.2. The molecule has 6 heteroatoms. The van der Waals surface area contributed by atoms with E-state index in [0.717, 1.165) is 24.6 Å². The van der Waals surface area contributed by atoms with Gasteiger partial charge in [0, 0.05) is 60.4 Å². The van der Waals surface area contributed by atoms with Crippen molar-refractivity contribution in [2.24, 2.45) is 5.41 Å². The third kappa shape index (κ3) is 3.29. The first-order valence-corrected chi connectivity index (χ1v) is 11.9. The molecule has 0 bridgehead atoms. The molecule has 1 aliphatic carbocycles. The van der Waals surface area contributed by atoms with Gasteiger partial charge in [0.1, 0.15) is 0 Å². The van der Waals surface area contributed by atoms with Crippen LogP contribution in [0.3, 0.4) is 0 Å². The maximum absolute atomic E-state index is 11.5. The Morgan fingerprint density at radius 3 is 2.27 bits per heavy atom. The Balaban J connectivity index is 1.27. The lowest BCUT2D eigenvalue weighted by molar-refractivity contribution is 0.384. The third-order valence-corrected chi connectivity index (χ3v) is 8.62. The summed E-state index contributed by atoms with van der Waals surface area (Å²) in [6, 6.07) is 8.79. The Bertz CT molecular complexity index is 793. The van der Waals surface area contributed by atoms with Crippen molar-refractivity contribution in [1.82, 2.24) is 4.98 Å². The topological polar surface area (TPSA) is 36.4 Å². The summed E-state index contributed by atoms with van der Waals surface area (Å²) in [5.41, 5.74) is 3.20. The van der Waals surface area contributed by atoms with E-state index in [-0.39, 0.29) is 0 Å². The van der Waals surface area contributed by atoms with Gasteiger partial charge < -0.3 is 9.80 Å². The summed E-state index contributed by atoms with van der Waals surface area (Å²) in [5.74, 6) is 1.58. The fourth-order valence-electron chi connectivity index (χ4n) is 4.13. The molecular formula is C20H25N3OS2. The summed E-state index contributed by atoms with van der Waals surface area (Å²) in [5, 5.41) is 1.18. The zero-order chi connectivity index (χ0) is 17.6. The van der Waals surface area contributed by atoms with E-state index in [0.29, 0.717) is 5.41 Å². The molecule has 0 atom stereocenters. The van der Waals surface area contributed by atoms with Gasteiger partial charge in [0.05, 0.1) is 4.88 Å². The van der Waals surface area contributed by atoms with Crippen molar-refractivity contribution in [1.29, 1.82) is 0 Å². The molecule has 2 aromatic rings. The first-order valence-electron chi connectivity index (χ1n) is 9.62. The molecule has 2 saturated heterocycles. The SMILES string of the molecule is O=S1CCN(c2ccc(-c3cnc(N4CCC5(CC4)CC5)s3)cc2)CC1. The van der Waals surface area contributed by atoms with Gasteiger partial charge in [-0.15, -0.1) is 0 Å². The van der Waals surface area contributed by atoms with Crippen LogP contribution >= 0.6 is 11.3 Å². The van der Waals surface area contributed by atoms with Crippen LogP contribution in [-0.4, -0.2) is 46.9 Å². The van der Waals surface area contributed by atoms with Crippen LogP contribution in [-0.2, 0) is 10.8 Å². The molecule has 1 aromatic heterocycles. The Morgan fingerprint density at radius 2 is 1.62 bits per heavy atom. The number of anilines is 2. The molecule has 138 valence electrons. The standard InChI is InChI=1S/C20H25N3OS2/c24-26-13-11-22(12-14-26)17-3-1-16(2-4-17)18-15-21-19(25-18)23-9-7-20(5-6-20)8-10-23/h1-4,15H,5-14H2. The number of hydrogen-bond donors (Lipinski definition) is 0. The quantitative estimate of drug-likeness (QED) is 0.803. The molecule has 0 radical (unpaired) electrons. The second kappa shape index (κ2) is 6.64. The van der Waals surface area contributed by atoms with Crippen LogP contribution in [0.4, 0.5) is 10.8 Å². The van der Waals surface area contributed by atoms with E-state index in [1.807, 2.05) is 17.5 Å². The van der Waals surface area contributed by atoms with Crippen molar-refractivity contribution in [2.45, 2.75) is 25.7 Å². The zero-order valence-electron chi connectivity index (χ0n) is 15.0. The highest BCUT2D eigenvalue weighted by molar-refractivity contribution is 7.85. The minimum Gasteiger partial charge on any atom is -0.370 e. The van der Waals surface area contributed by atoms with Crippen LogP contribution in [0.15, 0.2) is 30.5 Å². The Labute approximate surface area is 161 Å². The molecule has 2 aliphatic heterocycles. The molecule has 3 heterocycles. The fourth-order valence-corrected chi connectivity index (χ4v) is 6.15. The molecule has 1 aromatic carbocycles. The molecular weight excluding hydrogens is 362 g/mol. The summed E-state index contributed by atoms with van der Waals surface area (Å²) in [6.07, 6.45) is 7.61. The van der Waals surface area contributed by atoms with Gasteiger partial charge in [0.2, 0.25) is 0 Å². The first kappa shape index (κ1) is 16.8. The summed E-state index contributed by atoms with van der Waals surface area (Å²) < 4.78 is 11.5. The van der Waals surface area contributed by atoms with Gasteiger partial charge in [-0.3, -0.25) is 4.21 Å². The summed E-state index contributed by atoms with van der Waals surface area (Å²) >= 11 is 1.82. The average Bonchev–Trinajstić information content (AvgIpc) is 3.25. The number of piperidine rings is 1. The third-order valence-electron chi connectivity index (χ3n) is 6.24. The van der Waals surface area contributed by atoms with Gasteiger partial charge in [-0.1, -0.05) is 23.5 Å². The van der Waals surface area contributed by atoms with Crippen LogP contribution in [0.1, 0.15) is 25.7 Å². The van der Waals surface area contributed by atoms with Crippen molar-refractivity contribution in [2.75, 3.05) is 47.5 Å². The van der Waals surface area contributed by atoms with E-state index >= 15 is 0 Å². The van der Waals surface area contributed by atoms with Gasteiger partial charge in [0.25, 0.3) is 0 Å². The van der Waals surface area contributed by atoms with Crippen LogP contribution in [0.2, 0.25) is 0 Å². The lowest BCUT2D eigenvalue weighted by atomic mass is 9.94. The van der Waals surface area contributed by atoms with Gasteiger partial charge in [-0.2, -0.15) is 0 Å². The van der Waals surface area contributed by atoms with E-state index in [2.05, 4.69) is 34.1 Å². The monoisotopic (exact) mass is 387 g/mol. The van der Waals surface area contributed by atoms with E-state index in [9.17, 15) is 4.21 Å². The number of nitrogens with zero attached hydrogens (tertiary/aromatic N) is 3. The van der Waals surface area contributed by atoms with E-state index in [1.54, 1.807) is 0 Å². The van der Waals surface area contributed by atoms with Gasteiger partial charge in [-0.05, 0) is 48.8 Å². The Hall–Kier alpha value is -1.40. The minimum atomic E-state index is -0.623. The van der Waals surface area contributed by atoms with E-state index < -0.39 is 10.8 Å². The molecule has 0 N–H and O–H groups in total. The van der Waals surface area contributed by atoms with Gasteiger partial charge >= 0.3 is 0 Å². The zero-order valence-corrected chi connectivity index (χ0v) is 16.7. The number of hydrogen-bond acceptors (Lipinski definition) is 5. The van der Waals surface area contributed by atoms with Crippen molar-refractivity contribution >= 4 is 33.0 Å². The van der Waals surface area contributed by atoms with E-state index in [1.165, 1.54) is 60.0 Å². The number of rotatable bonds is 3. The molecule has 4 nitrogen and oxygen atoms in total. The lowest BCUT2D eigenvalue weighted by Gasteiger charge is -2.31. The number of thiazole rings is 1. The maximum Gasteiger partial charge on any atom is 0.185 e.